The lowest BCUT2D eigenvalue weighted by molar-refractivity contribution is -0.123. The number of nitrogens with one attached hydrogen (secondary N) is 1. The Morgan fingerprint density at radius 3 is 2.06 bits per heavy atom. The molecule has 7 nitrogen and oxygen atoms in total. The van der Waals surface area contributed by atoms with Gasteiger partial charge in [-0.05, 0) is 42.0 Å². The van der Waals surface area contributed by atoms with Crippen LogP contribution in [0.15, 0.2) is 77.9 Å². The zero-order valence-electron chi connectivity index (χ0n) is 17.4. The molecule has 0 saturated carbocycles. The summed E-state index contributed by atoms with van der Waals surface area (Å²) in [5.74, 6) is 2.16. The van der Waals surface area contributed by atoms with Crippen molar-refractivity contribution in [1.82, 2.24) is 5.43 Å². The number of benzene rings is 3. The maximum Gasteiger partial charge on any atom is 0.277 e. The maximum atomic E-state index is 12.0. The van der Waals surface area contributed by atoms with E-state index in [9.17, 15) is 4.79 Å². The van der Waals surface area contributed by atoms with E-state index in [0.29, 0.717) is 23.9 Å². The number of carbonyl (C=O) groups excluding carboxylic acids is 1. The van der Waals surface area contributed by atoms with Crippen molar-refractivity contribution < 1.29 is 23.7 Å². The Labute approximate surface area is 181 Å². The third-order valence-electron chi connectivity index (χ3n) is 4.22. The summed E-state index contributed by atoms with van der Waals surface area (Å²) < 4.78 is 21.6. The van der Waals surface area contributed by atoms with Gasteiger partial charge in [-0.1, -0.05) is 30.3 Å². The van der Waals surface area contributed by atoms with Gasteiger partial charge in [-0.25, -0.2) is 5.43 Å². The van der Waals surface area contributed by atoms with E-state index in [4.69, 9.17) is 18.9 Å². The van der Waals surface area contributed by atoms with Crippen LogP contribution in [0, 0.1) is 0 Å². The molecule has 0 radical (unpaired) electrons. The summed E-state index contributed by atoms with van der Waals surface area (Å²) in [4.78, 5) is 12.0. The molecule has 0 heterocycles. The second-order valence-electron chi connectivity index (χ2n) is 6.47. The van der Waals surface area contributed by atoms with Crippen molar-refractivity contribution in [2.24, 2.45) is 5.10 Å². The van der Waals surface area contributed by atoms with Gasteiger partial charge in [0, 0.05) is 11.6 Å². The van der Waals surface area contributed by atoms with Gasteiger partial charge in [0.05, 0.1) is 20.4 Å². The molecule has 0 aliphatic carbocycles. The molecule has 160 valence electrons. The number of amides is 1. The van der Waals surface area contributed by atoms with Gasteiger partial charge in [-0.15, -0.1) is 0 Å². The number of carbonyl (C=O) groups is 1. The Morgan fingerprint density at radius 2 is 1.45 bits per heavy atom. The predicted molar refractivity (Wildman–Crippen MR) is 118 cm³/mol. The van der Waals surface area contributed by atoms with Crippen LogP contribution in [-0.2, 0) is 11.4 Å². The van der Waals surface area contributed by atoms with E-state index in [-0.39, 0.29) is 12.5 Å². The largest absolute Gasteiger partial charge is 0.497 e. The molecule has 3 rings (SSSR count). The van der Waals surface area contributed by atoms with Crippen molar-refractivity contribution >= 4 is 12.1 Å². The summed E-state index contributed by atoms with van der Waals surface area (Å²) in [6, 6.07) is 22.3. The monoisotopic (exact) mass is 420 g/mol. The first kappa shape index (κ1) is 21.7. The molecule has 0 saturated heterocycles. The lowest BCUT2D eigenvalue weighted by Gasteiger charge is -2.08. The highest BCUT2D eigenvalue weighted by Crippen LogP contribution is 2.21. The van der Waals surface area contributed by atoms with Crippen LogP contribution < -0.4 is 24.4 Å². The molecule has 3 aromatic carbocycles. The molecule has 7 heteroatoms. The number of hydrogen-bond acceptors (Lipinski definition) is 6. The summed E-state index contributed by atoms with van der Waals surface area (Å²) in [6.45, 7) is 0.323. The van der Waals surface area contributed by atoms with E-state index in [2.05, 4.69) is 10.5 Å². The minimum Gasteiger partial charge on any atom is -0.497 e. The third-order valence-corrected chi connectivity index (χ3v) is 4.22. The van der Waals surface area contributed by atoms with Crippen LogP contribution in [0.4, 0.5) is 0 Å². The lowest BCUT2D eigenvalue weighted by Crippen LogP contribution is -2.24. The summed E-state index contributed by atoms with van der Waals surface area (Å²) in [6.07, 6.45) is 1.50. The Kier molecular flexibility index (Phi) is 7.88. The molecule has 0 fully saturated rings. The second kappa shape index (κ2) is 11.3. The summed E-state index contributed by atoms with van der Waals surface area (Å²) >= 11 is 0. The molecule has 1 N–H and O–H groups in total. The van der Waals surface area contributed by atoms with Crippen LogP contribution in [0.2, 0.25) is 0 Å². The zero-order valence-corrected chi connectivity index (χ0v) is 17.4. The van der Waals surface area contributed by atoms with Gasteiger partial charge in [-0.3, -0.25) is 4.79 Å². The van der Waals surface area contributed by atoms with Crippen molar-refractivity contribution in [2.45, 2.75) is 6.61 Å². The molecular weight excluding hydrogens is 396 g/mol. The standard InChI is InChI=1S/C24H24N2O5/c1-28-22-12-19(13-23(14-22)29-2)15-25-26-24(27)17-31-21-10-8-20(9-11-21)30-16-18-6-4-3-5-7-18/h3-15H,16-17H2,1-2H3,(H,26,27)/b25-15+. The first-order valence-corrected chi connectivity index (χ1v) is 9.61. The number of hydrazone groups is 1. The average molecular weight is 420 g/mol. The highest BCUT2D eigenvalue weighted by atomic mass is 16.5. The van der Waals surface area contributed by atoms with Crippen molar-refractivity contribution in [3.8, 4) is 23.0 Å². The molecule has 31 heavy (non-hydrogen) atoms. The SMILES string of the molecule is COc1cc(/C=N/NC(=O)COc2ccc(OCc3ccccc3)cc2)cc(OC)c1. The quantitative estimate of drug-likeness (QED) is 0.399. The lowest BCUT2D eigenvalue weighted by atomic mass is 10.2. The molecule has 0 aliphatic heterocycles. The Balaban J connectivity index is 1.43. The van der Waals surface area contributed by atoms with Crippen LogP contribution >= 0.6 is 0 Å². The van der Waals surface area contributed by atoms with Gasteiger partial charge in [0.15, 0.2) is 6.61 Å². The molecule has 0 bridgehead atoms. The summed E-state index contributed by atoms with van der Waals surface area (Å²) in [7, 11) is 3.13. The molecule has 3 aromatic rings. The third kappa shape index (κ3) is 7.08. The number of ether oxygens (including phenoxy) is 4. The van der Waals surface area contributed by atoms with E-state index in [1.807, 2.05) is 30.3 Å². The fourth-order valence-electron chi connectivity index (χ4n) is 2.64. The van der Waals surface area contributed by atoms with Gasteiger partial charge in [0.2, 0.25) is 0 Å². The van der Waals surface area contributed by atoms with Crippen LogP contribution in [0.3, 0.4) is 0 Å². The highest BCUT2D eigenvalue weighted by molar-refractivity contribution is 5.83. The first-order valence-electron chi connectivity index (χ1n) is 9.61. The fourth-order valence-corrected chi connectivity index (χ4v) is 2.64. The molecule has 0 aromatic heterocycles. The van der Waals surface area contributed by atoms with E-state index >= 15 is 0 Å². The van der Waals surface area contributed by atoms with E-state index in [1.165, 1.54) is 6.21 Å². The molecule has 1 amide bonds. The van der Waals surface area contributed by atoms with Crippen LogP contribution in [0.5, 0.6) is 23.0 Å². The summed E-state index contributed by atoms with van der Waals surface area (Å²) in [5, 5.41) is 3.94. The Bertz CT molecular complexity index is 982. The van der Waals surface area contributed by atoms with Crippen molar-refractivity contribution in [1.29, 1.82) is 0 Å². The van der Waals surface area contributed by atoms with Gasteiger partial charge < -0.3 is 18.9 Å². The molecular formula is C24H24N2O5. The molecule has 0 spiro atoms. The van der Waals surface area contributed by atoms with E-state index in [0.717, 1.165) is 16.9 Å². The van der Waals surface area contributed by atoms with Gasteiger partial charge in [0.25, 0.3) is 5.91 Å². The van der Waals surface area contributed by atoms with E-state index in [1.54, 1.807) is 56.7 Å². The minimum atomic E-state index is -0.379. The Morgan fingerprint density at radius 1 is 0.839 bits per heavy atom. The predicted octanol–water partition coefficient (Wildman–Crippen LogP) is 3.81. The van der Waals surface area contributed by atoms with Crippen molar-refractivity contribution in [3.05, 3.63) is 83.9 Å². The van der Waals surface area contributed by atoms with E-state index < -0.39 is 0 Å². The maximum absolute atomic E-state index is 12.0. The number of methoxy groups -OCH3 is 2. The smallest absolute Gasteiger partial charge is 0.277 e. The average Bonchev–Trinajstić information content (AvgIpc) is 2.82. The van der Waals surface area contributed by atoms with Crippen LogP contribution in [0.1, 0.15) is 11.1 Å². The van der Waals surface area contributed by atoms with Crippen molar-refractivity contribution in [2.75, 3.05) is 20.8 Å². The minimum absolute atomic E-state index is 0.164. The number of nitrogens with zero attached hydrogens (tertiary/aromatic N) is 1. The zero-order chi connectivity index (χ0) is 21.9. The molecule has 0 atom stereocenters. The van der Waals surface area contributed by atoms with Gasteiger partial charge >= 0.3 is 0 Å². The molecule has 0 unspecified atom stereocenters. The van der Waals surface area contributed by atoms with Gasteiger partial charge in [-0.2, -0.15) is 5.10 Å². The Hall–Kier alpha value is -4.00. The van der Waals surface area contributed by atoms with Crippen molar-refractivity contribution in [3.63, 3.8) is 0 Å². The van der Waals surface area contributed by atoms with Crippen LogP contribution in [0.25, 0.3) is 0 Å². The topological polar surface area (TPSA) is 78.4 Å². The first-order chi connectivity index (χ1) is 15.2. The normalized spacial score (nSPS) is 10.5. The number of rotatable bonds is 10. The van der Waals surface area contributed by atoms with Crippen LogP contribution in [-0.4, -0.2) is 32.9 Å². The summed E-state index contributed by atoms with van der Waals surface area (Å²) in [5.41, 5.74) is 4.24. The highest BCUT2D eigenvalue weighted by Gasteiger charge is 2.03. The number of hydrogen-bond donors (Lipinski definition) is 1. The van der Waals surface area contributed by atoms with Gasteiger partial charge in [0.1, 0.15) is 29.6 Å². The fraction of sp³-hybridized carbons (Fsp3) is 0.167. The molecule has 0 aliphatic rings. The second-order valence-corrected chi connectivity index (χ2v) is 6.47.